The molecule has 0 amide bonds. The summed E-state index contributed by atoms with van der Waals surface area (Å²) in [7, 11) is 0. The number of esters is 1. The van der Waals surface area contributed by atoms with Crippen LogP contribution >= 0.6 is 0 Å². The number of ether oxygens (including phenoxy) is 1. The van der Waals surface area contributed by atoms with E-state index in [1.807, 2.05) is 0 Å². The molecule has 0 aliphatic rings. The fourth-order valence-corrected chi connectivity index (χ4v) is 1.95. The maximum Gasteiger partial charge on any atom is 2.00 e. The molecule has 0 bridgehead atoms. The van der Waals surface area contributed by atoms with Crippen LogP contribution in [-0.2, 0) is 14.3 Å². The molecule has 0 aliphatic carbocycles. The summed E-state index contributed by atoms with van der Waals surface area (Å²) in [6.07, 6.45) is 11.7. The van der Waals surface area contributed by atoms with E-state index in [1.54, 1.807) is 0 Å². The first-order valence-corrected chi connectivity index (χ1v) is 7.54. The second kappa shape index (κ2) is 16.8. The summed E-state index contributed by atoms with van der Waals surface area (Å²) in [5, 5.41) is 8.36. The minimum Gasteiger partial charge on any atom is -1.00 e. The first-order valence-electron chi connectivity index (χ1n) is 7.54. The van der Waals surface area contributed by atoms with Gasteiger partial charge in [0.25, 0.3) is 0 Å². The Morgan fingerprint density at radius 1 is 0.900 bits per heavy atom. The normalized spacial score (nSPS) is 9.85. The van der Waals surface area contributed by atoms with Crippen molar-refractivity contribution < 1.29 is 22.3 Å². The summed E-state index contributed by atoms with van der Waals surface area (Å²) in [6.45, 7) is 2.58. The van der Waals surface area contributed by atoms with E-state index >= 15 is 0 Å². The molecule has 0 atom stereocenters. The van der Waals surface area contributed by atoms with E-state index in [9.17, 15) is 9.59 Å². The zero-order valence-electron chi connectivity index (χ0n) is 14.9. The monoisotopic (exact) mass is 298 g/mol. The average Bonchev–Trinajstić information content (AvgIpc) is 2.35. The van der Waals surface area contributed by atoms with E-state index in [4.69, 9.17) is 9.84 Å². The molecule has 1 N–H and O–H groups in total. The van der Waals surface area contributed by atoms with E-state index < -0.39 is 18.4 Å². The summed E-state index contributed by atoms with van der Waals surface area (Å²) >= 11 is 0. The molecule has 20 heavy (non-hydrogen) atoms. The van der Waals surface area contributed by atoms with Crippen LogP contribution in [0.4, 0.5) is 0 Å². The standard InChI is InChI=1S/C15H28O4.Mg.2H/c1-2-3-4-5-6-7-8-9-10-11-12-19-15(18)13-14(16)17;;;/h2-13H2,1H3,(H,16,17);;;/q;+2;2*-1. The average molecular weight is 299 g/mol. The summed E-state index contributed by atoms with van der Waals surface area (Å²) in [6, 6.07) is 0. The molecule has 0 aromatic rings. The quantitative estimate of drug-likeness (QED) is 0.243. The molecule has 4 nitrogen and oxygen atoms in total. The third-order valence-corrected chi connectivity index (χ3v) is 3.06. The fourth-order valence-electron chi connectivity index (χ4n) is 1.95. The molecule has 0 heterocycles. The number of carbonyl (C=O) groups is 2. The Labute approximate surface area is 141 Å². The van der Waals surface area contributed by atoms with Crippen LogP contribution in [0.1, 0.15) is 80.4 Å². The number of hydrogen-bond donors (Lipinski definition) is 1. The molecule has 0 radical (unpaired) electrons. The van der Waals surface area contributed by atoms with Gasteiger partial charge in [-0.25, -0.2) is 0 Å². The number of carboxylic acid groups (broad SMARTS) is 1. The SMILES string of the molecule is CCCCCCCCCCCCOC(=O)CC(=O)O.[H-].[H-].[Mg+2]. The molecule has 0 spiro atoms. The number of hydrogen-bond acceptors (Lipinski definition) is 3. The first kappa shape index (κ1) is 22.0. The van der Waals surface area contributed by atoms with Crippen molar-refractivity contribution in [3.05, 3.63) is 0 Å². The van der Waals surface area contributed by atoms with Gasteiger partial charge in [0, 0.05) is 0 Å². The molecule has 0 aromatic heterocycles. The summed E-state index contributed by atoms with van der Waals surface area (Å²) in [5.74, 6) is -1.77. The predicted octanol–water partition coefficient (Wildman–Crippen LogP) is 3.77. The van der Waals surface area contributed by atoms with Gasteiger partial charge in [-0.1, -0.05) is 64.7 Å². The van der Waals surface area contributed by atoms with Crippen molar-refractivity contribution in [2.24, 2.45) is 0 Å². The summed E-state index contributed by atoms with van der Waals surface area (Å²) in [5.41, 5.74) is 0. The number of unbranched alkanes of at least 4 members (excludes halogenated alkanes) is 9. The van der Waals surface area contributed by atoms with E-state index in [-0.39, 0.29) is 25.9 Å². The van der Waals surface area contributed by atoms with Crippen LogP contribution in [0.3, 0.4) is 0 Å². The largest absolute Gasteiger partial charge is 2.00 e. The molecule has 5 heteroatoms. The number of rotatable bonds is 13. The molecule has 0 unspecified atom stereocenters. The van der Waals surface area contributed by atoms with Gasteiger partial charge in [-0.15, -0.1) is 0 Å². The van der Waals surface area contributed by atoms with Crippen molar-refractivity contribution in [3.8, 4) is 0 Å². The number of aliphatic carboxylic acids is 1. The Balaban J connectivity index is -0.000000540. The van der Waals surface area contributed by atoms with Crippen LogP contribution in [-0.4, -0.2) is 46.7 Å². The molecular formula is C15H30MgO4. The second-order valence-electron chi connectivity index (χ2n) is 4.97. The second-order valence-corrected chi connectivity index (χ2v) is 4.97. The van der Waals surface area contributed by atoms with Crippen LogP contribution in [0, 0.1) is 0 Å². The van der Waals surface area contributed by atoms with Crippen LogP contribution in [0.25, 0.3) is 0 Å². The van der Waals surface area contributed by atoms with Gasteiger partial charge in [0.1, 0.15) is 6.42 Å². The van der Waals surface area contributed by atoms with Gasteiger partial charge in [0.05, 0.1) is 6.61 Å². The minimum absolute atomic E-state index is 0. The molecule has 0 aromatic carbocycles. The zero-order valence-corrected chi connectivity index (χ0v) is 14.3. The first-order chi connectivity index (χ1) is 9.16. The molecule has 0 saturated carbocycles. The maximum atomic E-state index is 10.9. The zero-order chi connectivity index (χ0) is 14.3. The molecule has 0 fully saturated rings. The third-order valence-electron chi connectivity index (χ3n) is 3.06. The Kier molecular flexibility index (Phi) is 18.4. The summed E-state index contributed by atoms with van der Waals surface area (Å²) in [4.78, 5) is 21.1. The van der Waals surface area contributed by atoms with Crippen LogP contribution in [0.15, 0.2) is 0 Å². The topological polar surface area (TPSA) is 63.6 Å². The number of carboxylic acids is 1. The van der Waals surface area contributed by atoms with Gasteiger partial charge in [-0.2, -0.15) is 0 Å². The van der Waals surface area contributed by atoms with Crippen LogP contribution < -0.4 is 0 Å². The smallest absolute Gasteiger partial charge is 1.00 e. The van der Waals surface area contributed by atoms with Crippen molar-refractivity contribution >= 4 is 35.0 Å². The van der Waals surface area contributed by atoms with Crippen molar-refractivity contribution in [2.45, 2.75) is 77.6 Å². The Morgan fingerprint density at radius 3 is 1.80 bits per heavy atom. The van der Waals surface area contributed by atoms with Gasteiger partial charge in [-0.05, 0) is 6.42 Å². The summed E-state index contributed by atoms with van der Waals surface area (Å²) < 4.78 is 4.81. The molecule has 0 saturated heterocycles. The van der Waals surface area contributed by atoms with Gasteiger partial charge in [-0.3, -0.25) is 9.59 Å². The van der Waals surface area contributed by atoms with E-state index in [1.165, 1.54) is 51.4 Å². The van der Waals surface area contributed by atoms with E-state index in [0.29, 0.717) is 6.61 Å². The van der Waals surface area contributed by atoms with E-state index in [2.05, 4.69) is 6.92 Å². The van der Waals surface area contributed by atoms with Gasteiger partial charge in [0.15, 0.2) is 0 Å². The van der Waals surface area contributed by atoms with Crippen LogP contribution in [0.5, 0.6) is 0 Å². The Morgan fingerprint density at radius 2 is 1.35 bits per heavy atom. The molecule has 0 aliphatic heterocycles. The van der Waals surface area contributed by atoms with Crippen molar-refractivity contribution in [2.75, 3.05) is 6.61 Å². The molecule has 0 rings (SSSR count). The van der Waals surface area contributed by atoms with E-state index in [0.717, 1.165) is 12.8 Å². The number of carbonyl (C=O) groups excluding carboxylic acids is 1. The molecular weight excluding hydrogens is 268 g/mol. The van der Waals surface area contributed by atoms with Crippen molar-refractivity contribution in [1.82, 2.24) is 0 Å². The Bertz CT molecular complexity index is 254. The molecule has 116 valence electrons. The minimum atomic E-state index is -1.13. The Hall–Kier alpha value is -0.294. The fraction of sp³-hybridized carbons (Fsp3) is 0.867. The van der Waals surface area contributed by atoms with Gasteiger partial charge >= 0.3 is 35.0 Å². The van der Waals surface area contributed by atoms with Gasteiger partial charge in [0.2, 0.25) is 0 Å². The van der Waals surface area contributed by atoms with Crippen molar-refractivity contribution in [3.63, 3.8) is 0 Å². The third kappa shape index (κ3) is 17.7. The van der Waals surface area contributed by atoms with Gasteiger partial charge < -0.3 is 12.7 Å². The van der Waals surface area contributed by atoms with Crippen LogP contribution in [0.2, 0.25) is 0 Å². The predicted molar refractivity (Wildman–Crippen MR) is 83.0 cm³/mol. The maximum absolute atomic E-state index is 10.9. The van der Waals surface area contributed by atoms with Crippen molar-refractivity contribution in [1.29, 1.82) is 0 Å².